The smallest absolute Gasteiger partial charge is 0.268 e. The fraction of sp³-hybridized carbons (Fsp3) is 0.0667. The standard InChI is InChI=1S/C15H8ClF3N6O/c16-12-10(6-1-22-24-14(6)11(13(12)17)15(18)19)7-3-25-4-8(21-5-26)23-9(25)2-20-7/h1-5,15H,(H,21,26)(H,22,24). The van der Waals surface area contributed by atoms with E-state index in [1.165, 1.54) is 29.2 Å². The summed E-state index contributed by atoms with van der Waals surface area (Å²) >= 11 is 6.05. The second-order valence-corrected chi connectivity index (χ2v) is 5.68. The molecule has 0 aliphatic heterocycles. The first-order valence-corrected chi connectivity index (χ1v) is 7.56. The summed E-state index contributed by atoms with van der Waals surface area (Å²) in [6.45, 7) is 0. The third-order valence-corrected chi connectivity index (χ3v) is 4.20. The number of halogens is 4. The Labute approximate surface area is 147 Å². The minimum absolute atomic E-state index is 0.123. The van der Waals surface area contributed by atoms with Crippen LogP contribution in [0.2, 0.25) is 5.02 Å². The first-order chi connectivity index (χ1) is 12.5. The third kappa shape index (κ3) is 2.37. The van der Waals surface area contributed by atoms with Gasteiger partial charge in [-0.15, -0.1) is 0 Å². The van der Waals surface area contributed by atoms with E-state index in [4.69, 9.17) is 11.6 Å². The molecule has 4 aromatic rings. The number of amides is 1. The Morgan fingerprint density at radius 3 is 2.85 bits per heavy atom. The lowest BCUT2D eigenvalue weighted by Gasteiger charge is -2.11. The highest BCUT2D eigenvalue weighted by Crippen LogP contribution is 2.41. The number of H-pyrrole nitrogens is 1. The number of benzene rings is 1. The molecule has 0 unspecified atom stereocenters. The van der Waals surface area contributed by atoms with Gasteiger partial charge in [0.1, 0.15) is 0 Å². The molecule has 1 aromatic carbocycles. The average Bonchev–Trinajstić information content (AvgIpc) is 3.21. The molecule has 0 spiro atoms. The number of aromatic amines is 1. The first-order valence-electron chi connectivity index (χ1n) is 7.18. The molecule has 132 valence electrons. The summed E-state index contributed by atoms with van der Waals surface area (Å²) in [5, 5.41) is 8.24. The number of fused-ring (bicyclic) bond motifs is 2. The van der Waals surface area contributed by atoms with E-state index in [2.05, 4.69) is 25.5 Å². The third-order valence-electron chi connectivity index (χ3n) is 3.85. The van der Waals surface area contributed by atoms with Crippen LogP contribution in [-0.2, 0) is 4.79 Å². The van der Waals surface area contributed by atoms with E-state index < -0.39 is 22.8 Å². The summed E-state index contributed by atoms with van der Waals surface area (Å²) in [6.07, 6.45) is 3.08. The average molecular weight is 381 g/mol. The van der Waals surface area contributed by atoms with Crippen molar-refractivity contribution in [3.63, 3.8) is 0 Å². The summed E-state index contributed by atoms with van der Waals surface area (Å²) in [5.41, 5.74) is -0.219. The number of hydrogen-bond donors (Lipinski definition) is 2. The van der Waals surface area contributed by atoms with E-state index in [0.29, 0.717) is 12.1 Å². The summed E-state index contributed by atoms with van der Waals surface area (Å²) in [7, 11) is 0. The highest BCUT2D eigenvalue weighted by Gasteiger charge is 2.26. The van der Waals surface area contributed by atoms with Crippen LogP contribution < -0.4 is 5.32 Å². The zero-order valence-corrected chi connectivity index (χ0v) is 13.4. The lowest BCUT2D eigenvalue weighted by molar-refractivity contribution is -0.105. The Hall–Kier alpha value is -3.14. The van der Waals surface area contributed by atoms with Gasteiger partial charge in [-0.1, -0.05) is 11.6 Å². The minimum Gasteiger partial charge on any atom is -0.312 e. The molecule has 3 aromatic heterocycles. The quantitative estimate of drug-likeness (QED) is 0.530. The van der Waals surface area contributed by atoms with Gasteiger partial charge in [-0.2, -0.15) is 5.10 Å². The van der Waals surface area contributed by atoms with E-state index in [1.54, 1.807) is 0 Å². The Kier molecular flexibility index (Phi) is 3.76. The maximum absolute atomic E-state index is 14.5. The van der Waals surface area contributed by atoms with Crippen molar-refractivity contribution >= 4 is 40.4 Å². The van der Waals surface area contributed by atoms with Crippen LogP contribution in [-0.4, -0.2) is 31.0 Å². The van der Waals surface area contributed by atoms with Crippen LogP contribution >= 0.6 is 11.6 Å². The predicted octanol–water partition coefficient (Wildman–Crippen LogP) is 3.57. The van der Waals surface area contributed by atoms with Crippen LogP contribution in [0.25, 0.3) is 27.8 Å². The molecule has 0 fully saturated rings. The molecule has 26 heavy (non-hydrogen) atoms. The van der Waals surface area contributed by atoms with Gasteiger partial charge in [0.15, 0.2) is 17.3 Å². The second-order valence-electron chi connectivity index (χ2n) is 5.30. The Bertz CT molecular complexity index is 1160. The molecule has 7 nitrogen and oxygen atoms in total. The number of nitrogens with one attached hydrogen (secondary N) is 2. The zero-order valence-electron chi connectivity index (χ0n) is 12.7. The van der Waals surface area contributed by atoms with Gasteiger partial charge in [0.25, 0.3) is 6.43 Å². The van der Waals surface area contributed by atoms with Gasteiger partial charge in [0, 0.05) is 17.1 Å². The molecule has 2 N–H and O–H groups in total. The number of carbonyl (C=O) groups excluding carboxylic acids is 1. The molecule has 0 atom stereocenters. The maximum atomic E-state index is 14.5. The number of anilines is 1. The molecule has 4 rings (SSSR count). The van der Waals surface area contributed by atoms with Crippen molar-refractivity contribution < 1.29 is 18.0 Å². The van der Waals surface area contributed by atoms with Crippen molar-refractivity contribution in [1.29, 1.82) is 0 Å². The normalized spacial score (nSPS) is 11.6. The number of imidazole rings is 1. The van der Waals surface area contributed by atoms with E-state index in [1.807, 2.05) is 0 Å². The lowest BCUT2D eigenvalue weighted by Crippen LogP contribution is -1.99. The van der Waals surface area contributed by atoms with Gasteiger partial charge in [0.05, 0.1) is 40.4 Å². The number of carbonyl (C=O) groups is 1. The lowest BCUT2D eigenvalue weighted by atomic mass is 10.0. The van der Waals surface area contributed by atoms with Crippen LogP contribution in [0.1, 0.15) is 12.0 Å². The molecule has 0 radical (unpaired) electrons. The predicted molar refractivity (Wildman–Crippen MR) is 87.7 cm³/mol. The summed E-state index contributed by atoms with van der Waals surface area (Å²) < 4.78 is 42.5. The highest BCUT2D eigenvalue weighted by molar-refractivity contribution is 6.35. The van der Waals surface area contributed by atoms with Crippen molar-refractivity contribution in [2.45, 2.75) is 6.43 Å². The minimum atomic E-state index is -3.06. The molecule has 0 aliphatic carbocycles. The van der Waals surface area contributed by atoms with E-state index in [9.17, 15) is 18.0 Å². The van der Waals surface area contributed by atoms with Crippen molar-refractivity contribution in [3.05, 3.63) is 41.2 Å². The number of aromatic nitrogens is 5. The van der Waals surface area contributed by atoms with Gasteiger partial charge in [-0.25, -0.2) is 18.2 Å². The molecule has 3 heterocycles. The molecular formula is C15H8ClF3N6O. The monoisotopic (exact) mass is 380 g/mol. The van der Waals surface area contributed by atoms with E-state index in [0.717, 1.165) is 0 Å². The van der Waals surface area contributed by atoms with E-state index in [-0.39, 0.29) is 28.0 Å². The van der Waals surface area contributed by atoms with Crippen molar-refractivity contribution in [3.8, 4) is 11.3 Å². The van der Waals surface area contributed by atoms with Crippen LogP contribution in [0.5, 0.6) is 0 Å². The zero-order chi connectivity index (χ0) is 18.4. The van der Waals surface area contributed by atoms with Gasteiger partial charge in [-0.3, -0.25) is 14.9 Å². The number of hydrogen-bond acceptors (Lipinski definition) is 4. The maximum Gasteiger partial charge on any atom is 0.268 e. The van der Waals surface area contributed by atoms with Crippen molar-refractivity contribution in [2.24, 2.45) is 0 Å². The Morgan fingerprint density at radius 1 is 1.31 bits per heavy atom. The van der Waals surface area contributed by atoms with Crippen LogP contribution in [0.15, 0.2) is 24.8 Å². The molecule has 1 amide bonds. The Balaban J connectivity index is 1.98. The first kappa shape index (κ1) is 16.3. The summed E-state index contributed by atoms with van der Waals surface area (Å²) in [5.74, 6) is -0.943. The molecule has 0 aliphatic rings. The van der Waals surface area contributed by atoms with Crippen LogP contribution in [0.4, 0.5) is 19.0 Å². The topological polar surface area (TPSA) is 88.0 Å². The van der Waals surface area contributed by atoms with Crippen molar-refractivity contribution in [1.82, 2.24) is 24.6 Å². The summed E-state index contributed by atoms with van der Waals surface area (Å²) in [6, 6.07) is 0. The molecule has 11 heteroatoms. The number of nitrogens with zero attached hydrogens (tertiary/aromatic N) is 4. The molecule has 0 saturated carbocycles. The van der Waals surface area contributed by atoms with Crippen LogP contribution in [0.3, 0.4) is 0 Å². The molecule has 0 bridgehead atoms. The Morgan fingerprint density at radius 2 is 2.12 bits per heavy atom. The van der Waals surface area contributed by atoms with Gasteiger partial charge >= 0.3 is 0 Å². The fourth-order valence-corrected chi connectivity index (χ4v) is 3.05. The van der Waals surface area contributed by atoms with Gasteiger partial charge in [0.2, 0.25) is 6.41 Å². The molecular weight excluding hydrogens is 373 g/mol. The van der Waals surface area contributed by atoms with Gasteiger partial charge in [-0.05, 0) is 0 Å². The fourth-order valence-electron chi connectivity index (χ4n) is 2.75. The highest BCUT2D eigenvalue weighted by atomic mass is 35.5. The SMILES string of the molecule is O=CNc1cn2cc(-c3c(Cl)c(F)c(C(F)F)c4[nH]ncc34)ncc2n1. The van der Waals surface area contributed by atoms with Crippen molar-refractivity contribution in [2.75, 3.05) is 5.32 Å². The van der Waals surface area contributed by atoms with Gasteiger partial charge < -0.3 is 9.72 Å². The van der Waals surface area contributed by atoms with Crippen LogP contribution in [0, 0.1) is 5.82 Å². The molecule has 0 saturated heterocycles. The summed E-state index contributed by atoms with van der Waals surface area (Å²) in [4.78, 5) is 18.8. The number of alkyl halides is 2. The second kappa shape index (κ2) is 5.99. The largest absolute Gasteiger partial charge is 0.312 e. The number of rotatable bonds is 4. The van der Waals surface area contributed by atoms with E-state index >= 15 is 0 Å².